The van der Waals surface area contributed by atoms with Crippen LogP contribution in [0, 0.1) is 12.8 Å². The van der Waals surface area contributed by atoms with Gasteiger partial charge in [-0.05, 0) is 57.6 Å². The van der Waals surface area contributed by atoms with Crippen LogP contribution in [-0.4, -0.2) is 46.0 Å². The fourth-order valence-electron chi connectivity index (χ4n) is 4.70. The van der Waals surface area contributed by atoms with E-state index < -0.39 is 0 Å². The van der Waals surface area contributed by atoms with Crippen LogP contribution in [0.25, 0.3) is 10.2 Å². The summed E-state index contributed by atoms with van der Waals surface area (Å²) in [4.78, 5) is 34.6. The maximum Gasteiger partial charge on any atom is 0.262 e. The molecule has 2 aromatic heterocycles. The van der Waals surface area contributed by atoms with E-state index >= 15 is 0 Å². The molecule has 4 rings (SSSR count). The monoisotopic (exact) mass is 416 g/mol. The molecule has 158 valence electrons. The Labute approximate surface area is 176 Å². The second-order valence-electron chi connectivity index (χ2n) is 8.83. The normalized spacial score (nSPS) is 21.6. The number of amides is 1. The fourth-order valence-corrected chi connectivity index (χ4v) is 5.81. The molecule has 1 N–H and O–H groups in total. The van der Waals surface area contributed by atoms with Crippen LogP contribution in [0.2, 0.25) is 0 Å². The number of hydrogen-bond donors (Lipinski definition) is 1. The zero-order valence-corrected chi connectivity index (χ0v) is 18.6. The average Bonchev–Trinajstić information content (AvgIpc) is 2.88. The quantitative estimate of drug-likeness (QED) is 0.830. The van der Waals surface area contributed by atoms with E-state index in [4.69, 9.17) is 4.98 Å². The summed E-state index contributed by atoms with van der Waals surface area (Å²) < 4.78 is 1.83. The highest BCUT2D eigenvalue weighted by atomic mass is 32.1. The largest absolute Gasteiger partial charge is 0.350 e. The summed E-state index contributed by atoms with van der Waals surface area (Å²) in [7, 11) is 0. The molecule has 0 spiro atoms. The number of fused-ring (bicyclic) bond motifs is 2. The third kappa shape index (κ3) is 4.12. The minimum absolute atomic E-state index is 0.0235. The number of aryl methyl sites for hydroxylation is 2. The standard InChI is InChI=1S/C22H32N4O2S/c1-14-8-7-10-25(13-14)15(2)12-23-20(27)19-16(3)18-21(29-19)24-17-9-5-4-6-11-26(17)22(18)28/h14-15H,4-13H2,1-3H3,(H,23,27). The number of hydrogen-bond acceptors (Lipinski definition) is 5. The molecule has 2 aromatic rings. The van der Waals surface area contributed by atoms with Gasteiger partial charge in [-0.25, -0.2) is 4.98 Å². The first-order chi connectivity index (χ1) is 14.0. The molecule has 2 unspecified atom stereocenters. The van der Waals surface area contributed by atoms with E-state index in [2.05, 4.69) is 24.1 Å². The lowest BCUT2D eigenvalue weighted by Crippen LogP contribution is -2.46. The number of aromatic nitrogens is 2. The summed E-state index contributed by atoms with van der Waals surface area (Å²) >= 11 is 1.36. The van der Waals surface area contributed by atoms with E-state index in [0.29, 0.717) is 27.7 Å². The first kappa shape index (κ1) is 20.5. The Morgan fingerprint density at radius 1 is 1.28 bits per heavy atom. The van der Waals surface area contributed by atoms with Crippen molar-refractivity contribution in [2.75, 3.05) is 19.6 Å². The lowest BCUT2D eigenvalue weighted by Gasteiger charge is -2.35. The van der Waals surface area contributed by atoms with E-state index in [9.17, 15) is 9.59 Å². The first-order valence-electron chi connectivity index (χ1n) is 11.0. The molecule has 6 nitrogen and oxygen atoms in total. The number of nitrogens with one attached hydrogen (secondary N) is 1. The van der Waals surface area contributed by atoms with Gasteiger partial charge in [0.2, 0.25) is 0 Å². The number of nitrogens with zero attached hydrogens (tertiary/aromatic N) is 3. The van der Waals surface area contributed by atoms with Crippen molar-refractivity contribution in [3.05, 3.63) is 26.6 Å². The Kier molecular flexibility index (Phi) is 6.06. The highest BCUT2D eigenvalue weighted by molar-refractivity contribution is 7.20. The molecule has 0 bridgehead atoms. The lowest BCUT2D eigenvalue weighted by atomic mass is 9.99. The number of piperidine rings is 1. The summed E-state index contributed by atoms with van der Waals surface area (Å²) in [5, 5.41) is 3.73. The van der Waals surface area contributed by atoms with Crippen LogP contribution in [0.15, 0.2) is 4.79 Å². The Balaban J connectivity index is 1.53. The van der Waals surface area contributed by atoms with Gasteiger partial charge in [0.1, 0.15) is 10.7 Å². The minimum atomic E-state index is -0.0815. The van der Waals surface area contributed by atoms with Crippen molar-refractivity contribution < 1.29 is 4.79 Å². The third-order valence-electron chi connectivity index (χ3n) is 6.49. The predicted octanol–water partition coefficient (Wildman–Crippen LogP) is 3.34. The molecular formula is C22H32N4O2S. The number of carbonyl (C=O) groups is 1. The number of thiophene rings is 1. The summed E-state index contributed by atoms with van der Waals surface area (Å²) in [6, 6.07) is 0.316. The van der Waals surface area contributed by atoms with Crippen molar-refractivity contribution in [3.63, 3.8) is 0 Å². The highest BCUT2D eigenvalue weighted by Crippen LogP contribution is 2.28. The van der Waals surface area contributed by atoms with Crippen molar-refractivity contribution in [2.45, 2.75) is 71.9 Å². The Bertz CT molecular complexity index is 964. The van der Waals surface area contributed by atoms with Gasteiger partial charge < -0.3 is 5.32 Å². The Morgan fingerprint density at radius 2 is 2.10 bits per heavy atom. The predicted molar refractivity (Wildman–Crippen MR) is 118 cm³/mol. The van der Waals surface area contributed by atoms with Crippen molar-refractivity contribution >= 4 is 27.5 Å². The SMILES string of the molecule is Cc1c(C(=O)NCC(C)N2CCCC(C)C2)sc2nc3n(c(=O)c12)CCCCC3. The van der Waals surface area contributed by atoms with Gasteiger partial charge in [0.15, 0.2) is 0 Å². The van der Waals surface area contributed by atoms with Crippen LogP contribution < -0.4 is 10.9 Å². The van der Waals surface area contributed by atoms with E-state index in [1.165, 1.54) is 24.2 Å². The molecule has 1 fully saturated rings. The maximum absolute atomic E-state index is 13.1. The molecule has 29 heavy (non-hydrogen) atoms. The summed E-state index contributed by atoms with van der Waals surface area (Å²) in [6.45, 7) is 9.94. The van der Waals surface area contributed by atoms with E-state index in [1.807, 2.05) is 11.5 Å². The van der Waals surface area contributed by atoms with Crippen LogP contribution in [0.4, 0.5) is 0 Å². The van der Waals surface area contributed by atoms with Gasteiger partial charge in [0, 0.05) is 32.1 Å². The second kappa shape index (κ2) is 8.56. The molecule has 0 aliphatic carbocycles. The number of carbonyl (C=O) groups excluding carboxylic acids is 1. The van der Waals surface area contributed by atoms with Crippen LogP contribution in [0.5, 0.6) is 0 Å². The molecule has 2 atom stereocenters. The first-order valence-corrected chi connectivity index (χ1v) is 11.8. The number of likely N-dealkylation sites (tertiary alicyclic amines) is 1. The van der Waals surface area contributed by atoms with Gasteiger partial charge in [0.25, 0.3) is 11.5 Å². The van der Waals surface area contributed by atoms with E-state index in [0.717, 1.165) is 62.6 Å². The lowest BCUT2D eigenvalue weighted by molar-refractivity contribution is 0.0921. The van der Waals surface area contributed by atoms with Crippen molar-refractivity contribution in [1.29, 1.82) is 0 Å². The number of rotatable bonds is 4. The summed E-state index contributed by atoms with van der Waals surface area (Å²) in [5.74, 6) is 1.52. The van der Waals surface area contributed by atoms with Gasteiger partial charge in [-0.3, -0.25) is 19.1 Å². The van der Waals surface area contributed by atoms with Gasteiger partial charge in [0.05, 0.1) is 10.3 Å². The van der Waals surface area contributed by atoms with Crippen molar-refractivity contribution in [2.24, 2.45) is 5.92 Å². The maximum atomic E-state index is 13.1. The van der Waals surface area contributed by atoms with Crippen molar-refractivity contribution in [3.8, 4) is 0 Å². The molecule has 7 heteroatoms. The Hall–Kier alpha value is -1.73. The molecule has 1 saturated heterocycles. The molecule has 2 aliphatic rings. The summed E-state index contributed by atoms with van der Waals surface area (Å²) in [5.41, 5.74) is 0.800. The Morgan fingerprint density at radius 3 is 2.90 bits per heavy atom. The zero-order valence-electron chi connectivity index (χ0n) is 17.8. The molecule has 4 heterocycles. The highest BCUT2D eigenvalue weighted by Gasteiger charge is 2.24. The van der Waals surface area contributed by atoms with Gasteiger partial charge in [-0.15, -0.1) is 11.3 Å². The fraction of sp³-hybridized carbons (Fsp3) is 0.682. The smallest absolute Gasteiger partial charge is 0.262 e. The van der Waals surface area contributed by atoms with Gasteiger partial charge >= 0.3 is 0 Å². The second-order valence-corrected chi connectivity index (χ2v) is 9.83. The average molecular weight is 417 g/mol. The molecular weight excluding hydrogens is 384 g/mol. The molecule has 0 saturated carbocycles. The van der Waals surface area contributed by atoms with Crippen LogP contribution in [-0.2, 0) is 13.0 Å². The molecule has 2 aliphatic heterocycles. The van der Waals surface area contributed by atoms with Crippen LogP contribution in [0.3, 0.4) is 0 Å². The third-order valence-corrected chi connectivity index (χ3v) is 7.67. The zero-order chi connectivity index (χ0) is 20.5. The van der Waals surface area contributed by atoms with Crippen molar-refractivity contribution in [1.82, 2.24) is 19.8 Å². The molecule has 1 amide bonds. The molecule has 0 radical (unpaired) electrons. The molecule has 0 aromatic carbocycles. The topological polar surface area (TPSA) is 67.2 Å². The van der Waals surface area contributed by atoms with Gasteiger partial charge in [-0.2, -0.15) is 0 Å². The van der Waals surface area contributed by atoms with Gasteiger partial charge in [-0.1, -0.05) is 13.3 Å². The van der Waals surface area contributed by atoms with Crippen LogP contribution in [0.1, 0.15) is 67.0 Å². The summed E-state index contributed by atoms with van der Waals surface area (Å²) in [6.07, 6.45) is 6.59. The van der Waals surface area contributed by atoms with Crippen LogP contribution >= 0.6 is 11.3 Å². The minimum Gasteiger partial charge on any atom is -0.350 e. The van der Waals surface area contributed by atoms with E-state index in [1.54, 1.807) is 0 Å². The van der Waals surface area contributed by atoms with E-state index in [-0.39, 0.29) is 11.5 Å².